The number of alkyl halides is 3. The van der Waals surface area contributed by atoms with E-state index < -0.39 is 21.6 Å². The molecular weight excluding hydrogens is 337 g/mol. The van der Waals surface area contributed by atoms with Gasteiger partial charge < -0.3 is 9.29 Å². The topological polar surface area (TPSA) is 80.7 Å². The third kappa shape index (κ3) is 4.04. The Morgan fingerprint density at radius 1 is 1.22 bits per heavy atom. The second-order valence-corrected chi connectivity index (χ2v) is 6.59. The van der Waals surface area contributed by atoms with Crippen molar-refractivity contribution in [2.24, 2.45) is 0 Å². The molecule has 0 bridgehead atoms. The van der Waals surface area contributed by atoms with Crippen molar-refractivity contribution in [1.82, 2.24) is 0 Å². The van der Waals surface area contributed by atoms with Crippen LogP contribution in [0, 0.1) is 0 Å². The number of halogens is 3. The van der Waals surface area contributed by atoms with Crippen LogP contribution in [0.4, 0.5) is 13.2 Å². The summed E-state index contributed by atoms with van der Waals surface area (Å²) in [6, 6.07) is 6.17. The van der Waals surface area contributed by atoms with Crippen molar-refractivity contribution in [2.75, 3.05) is 0 Å². The van der Waals surface area contributed by atoms with Gasteiger partial charge in [0.1, 0.15) is 5.76 Å². The molecular formula is C14H13F3O5S. The van der Waals surface area contributed by atoms with Crippen LogP contribution in [0.2, 0.25) is 0 Å². The lowest BCUT2D eigenvalue weighted by molar-refractivity contribution is -0.0524. The molecule has 0 aliphatic heterocycles. The lowest BCUT2D eigenvalue weighted by atomic mass is 9.87. The van der Waals surface area contributed by atoms with E-state index in [-0.39, 0.29) is 23.7 Å². The van der Waals surface area contributed by atoms with Gasteiger partial charge in [-0.05, 0) is 42.5 Å². The number of carboxylic acid groups (broad SMARTS) is 1. The number of carboxylic acids is 1. The highest BCUT2D eigenvalue weighted by molar-refractivity contribution is 7.87. The Balaban J connectivity index is 2.05. The van der Waals surface area contributed by atoms with Gasteiger partial charge in [0.2, 0.25) is 0 Å². The smallest absolute Gasteiger partial charge is 0.478 e. The second-order valence-electron chi connectivity index (χ2n) is 5.05. The molecule has 0 fully saturated rings. The van der Waals surface area contributed by atoms with Gasteiger partial charge in [-0.1, -0.05) is 12.1 Å². The van der Waals surface area contributed by atoms with Gasteiger partial charge in [-0.2, -0.15) is 21.6 Å². The number of hydrogen-bond acceptors (Lipinski definition) is 4. The highest BCUT2D eigenvalue weighted by Crippen LogP contribution is 2.35. The first-order valence-electron chi connectivity index (χ1n) is 6.63. The Morgan fingerprint density at radius 2 is 1.83 bits per heavy atom. The summed E-state index contributed by atoms with van der Waals surface area (Å²) in [5.74, 6) is -1.30. The molecule has 0 spiro atoms. The molecule has 126 valence electrons. The van der Waals surface area contributed by atoms with Crippen LogP contribution in [0.5, 0.6) is 0 Å². The third-order valence-electron chi connectivity index (χ3n) is 3.50. The fourth-order valence-electron chi connectivity index (χ4n) is 2.27. The molecule has 0 amide bonds. The van der Waals surface area contributed by atoms with E-state index in [2.05, 4.69) is 4.18 Å². The monoisotopic (exact) mass is 350 g/mol. The molecule has 9 heteroatoms. The van der Waals surface area contributed by atoms with Gasteiger partial charge in [-0.25, -0.2) is 4.79 Å². The van der Waals surface area contributed by atoms with Crippen molar-refractivity contribution >= 4 is 16.1 Å². The third-order valence-corrected chi connectivity index (χ3v) is 4.50. The molecule has 1 N–H and O–H groups in total. The zero-order chi connectivity index (χ0) is 17.3. The molecule has 1 atom stereocenters. The summed E-state index contributed by atoms with van der Waals surface area (Å²) in [5.41, 5.74) is -4.47. The molecule has 23 heavy (non-hydrogen) atoms. The van der Waals surface area contributed by atoms with E-state index >= 15 is 0 Å². The van der Waals surface area contributed by atoms with Crippen LogP contribution < -0.4 is 0 Å². The van der Waals surface area contributed by atoms with Crippen molar-refractivity contribution in [3.63, 3.8) is 0 Å². The zero-order valence-electron chi connectivity index (χ0n) is 11.7. The molecule has 1 aliphatic rings. The van der Waals surface area contributed by atoms with Gasteiger partial charge in [0, 0.05) is 6.42 Å². The molecule has 0 aromatic heterocycles. The lowest BCUT2D eigenvalue weighted by Crippen LogP contribution is -2.25. The number of aromatic carboxylic acids is 1. The fraction of sp³-hybridized carbons (Fsp3) is 0.357. The van der Waals surface area contributed by atoms with E-state index in [0.29, 0.717) is 12.8 Å². The van der Waals surface area contributed by atoms with E-state index in [1.807, 2.05) is 0 Å². The van der Waals surface area contributed by atoms with Crippen LogP contribution in [0.1, 0.15) is 41.1 Å². The molecule has 0 heterocycles. The first-order valence-corrected chi connectivity index (χ1v) is 8.04. The van der Waals surface area contributed by atoms with Crippen LogP contribution in [0.15, 0.2) is 36.1 Å². The minimum atomic E-state index is -5.63. The Labute approximate surface area is 130 Å². The second kappa shape index (κ2) is 6.23. The lowest BCUT2D eigenvalue weighted by Gasteiger charge is -2.22. The van der Waals surface area contributed by atoms with Crippen molar-refractivity contribution in [3.05, 3.63) is 47.2 Å². The summed E-state index contributed by atoms with van der Waals surface area (Å²) in [7, 11) is -5.63. The van der Waals surface area contributed by atoms with E-state index in [0.717, 1.165) is 5.56 Å². The molecule has 2 rings (SSSR count). The van der Waals surface area contributed by atoms with E-state index in [9.17, 15) is 26.4 Å². The number of benzene rings is 1. The molecule has 5 nitrogen and oxygen atoms in total. The minimum absolute atomic E-state index is 0.0289. The van der Waals surface area contributed by atoms with Crippen molar-refractivity contribution in [2.45, 2.75) is 30.7 Å². The first-order chi connectivity index (χ1) is 10.6. The Bertz CT molecular complexity index is 720. The van der Waals surface area contributed by atoms with E-state index in [1.165, 1.54) is 18.2 Å². The molecule has 1 unspecified atom stereocenters. The van der Waals surface area contributed by atoms with Crippen LogP contribution in [0.25, 0.3) is 0 Å². The minimum Gasteiger partial charge on any atom is -0.478 e. The summed E-state index contributed by atoms with van der Waals surface area (Å²) in [6.45, 7) is 0. The highest BCUT2D eigenvalue weighted by atomic mass is 32.2. The number of rotatable bonds is 4. The van der Waals surface area contributed by atoms with Gasteiger partial charge in [0.05, 0.1) is 5.56 Å². The van der Waals surface area contributed by atoms with Crippen molar-refractivity contribution < 1.29 is 35.7 Å². The van der Waals surface area contributed by atoms with Crippen LogP contribution in [0.3, 0.4) is 0 Å². The van der Waals surface area contributed by atoms with Gasteiger partial charge >= 0.3 is 21.6 Å². The van der Waals surface area contributed by atoms with Gasteiger partial charge in [0.15, 0.2) is 0 Å². The summed E-state index contributed by atoms with van der Waals surface area (Å²) in [6.07, 6.45) is 2.10. The summed E-state index contributed by atoms with van der Waals surface area (Å²) < 4.78 is 62.7. The average molecular weight is 350 g/mol. The fourth-order valence-corrected chi connectivity index (χ4v) is 2.80. The molecule has 1 aliphatic carbocycles. The summed E-state index contributed by atoms with van der Waals surface area (Å²) >= 11 is 0. The van der Waals surface area contributed by atoms with Gasteiger partial charge in [-0.3, -0.25) is 0 Å². The zero-order valence-corrected chi connectivity index (χ0v) is 12.5. The van der Waals surface area contributed by atoms with E-state index in [4.69, 9.17) is 5.11 Å². The predicted molar refractivity (Wildman–Crippen MR) is 74.1 cm³/mol. The van der Waals surface area contributed by atoms with Gasteiger partial charge in [-0.15, -0.1) is 0 Å². The predicted octanol–water partition coefficient (Wildman–Crippen LogP) is 3.40. The maximum Gasteiger partial charge on any atom is 0.534 e. The molecule has 0 saturated carbocycles. The Kier molecular flexibility index (Phi) is 4.69. The van der Waals surface area contributed by atoms with Crippen molar-refractivity contribution in [3.8, 4) is 0 Å². The molecule has 0 saturated heterocycles. The Hall–Kier alpha value is -2.03. The van der Waals surface area contributed by atoms with Gasteiger partial charge in [0.25, 0.3) is 0 Å². The van der Waals surface area contributed by atoms with E-state index in [1.54, 1.807) is 12.1 Å². The van der Waals surface area contributed by atoms with Crippen LogP contribution in [-0.2, 0) is 14.3 Å². The maximum atomic E-state index is 12.2. The summed E-state index contributed by atoms with van der Waals surface area (Å²) in [5, 5.41) is 8.82. The summed E-state index contributed by atoms with van der Waals surface area (Å²) in [4.78, 5) is 10.8. The normalized spacial score (nSPS) is 19.1. The Morgan fingerprint density at radius 3 is 2.26 bits per heavy atom. The van der Waals surface area contributed by atoms with Crippen LogP contribution in [-0.4, -0.2) is 25.0 Å². The molecule has 1 aromatic carbocycles. The molecule has 1 aromatic rings. The quantitative estimate of drug-likeness (QED) is 0.665. The number of carbonyl (C=O) groups is 1. The maximum absolute atomic E-state index is 12.2. The number of allylic oxidation sites excluding steroid dienone is 2. The largest absolute Gasteiger partial charge is 0.534 e. The first kappa shape index (κ1) is 17.3. The van der Waals surface area contributed by atoms with Crippen LogP contribution >= 0.6 is 0 Å². The average Bonchev–Trinajstić information content (AvgIpc) is 2.46. The van der Waals surface area contributed by atoms with Crippen molar-refractivity contribution in [1.29, 1.82) is 0 Å². The molecule has 0 radical (unpaired) electrons. The number of hydrogen-bond donors (Lipinski definition) is 1. The SMILES string of the molecule is O=C(O)c1ccc(C2CC=C(OS(=O)(=O)C(F)(F)F)CC2)cc1. The standard InChI is InChI=1S/C14H13F3O5S/c15-14(16,17)23(20,21)22-12-7-5-10(6-8-12)9-1-3-11(4-2-9)13(18)19/h1-4,7,10H,5-6,8H2,(H,18,19). The highest BCUT2D eigenvalue weighted by Gasteiger charge is 2.48.